The fourth-order valence-electron chi connectivity index (χ4n) is 13.7. The summed E-state index contributed by atoms with van der Waals surface area (Å²) in [5, 5.41) is 4.94. The average Bonchev–Trinajstić information content (AvgIpc) is 0.795. The van der Waals surface area contributed by atoms with Crippen LogP contribution in [0.3, 0.4) is 0 Å². The fraction of sp³-hybridized carbons (Fsp3) is 0. The van der Waals surface area contributed by atoms with Crippen LogP contribution in [0.5, 0.6) is 0 Å². The lowest BCUT2D eigenvalue weighted by Gasteiger charge is -2.28. The molecule has 94 heavy (non-hydrogen) atoms. The van der Waals surface area contributed by atoms with Crippen molar-refractivity contribution in [3.63, 3.8) is 0 Å². The van der Waals surface area contributed by atoms with Crippen molar-refractivity contribution in [3.05, 3.63) is 388 Å². The van der Waals surface area contributed by atoms with Gasteiger partial charge in [-0.2, -0.15) is 0 Å². The van der Waals surface area contributed by atoms with Gasteiger partial charge < -0.3 is 9.80 Å². The average molecular weight is 1200 g/mol. The molecule has 0 atom stereocenters. The predicted octanol–water partition coefficient (Wildman–Crippen LogP) is 25.9. The van der Waals surface area contributed by atoms with Gasteiger partial charge in [-0.15, -0.1) is 0 Å². The SMILES string of the molecule is c1ccc(-c2ccc(N(c3ccccc3)c3ccc(-c4ccc5ccccc5c4-c4ccccc4)cc3)c(-c3ccc(-c4ccc(N(c5ccc(-c6ccccc6-c6ccccc6)cc5)c5ccc(-c6ccc7ccccc7c6-c6ccccc6)cc5)cc4)cc3)c2)cc1. The molecule has 442 valence electrons. The van der Waals surface area contributed by atoms with Crippen LogP contribution >= 0.6 is 0 Å². The first-order chi connectivity index (χ1) is 46.6. The van der Waals surface area contributed by atoms with E-state index in [-0.39, 0.29) is 0 Å². The summed E-state index contributed by atoms with van der Waals surface area (Å²) in [6, 6.07) is 141. The molecule has 0 unspecified atom stereocenters. The molecule has 16 rings (SSSR count). The van der Waals surface area contributed by atoms with Crippen LogP contribution in [-0.4, -0.2) is 0 Å². The summed E-state index contributed by atoms with van der Waals surface area (Å²) in [7, 11) is 0. The van der Waals surface area contributed by atoms with Crippen LogP contribution in [0, 0.1) is 0 Å². The van der Waals surface area contributed by atoms with Crippen molar-refractivity contribution in [2.24, 2.45) is 0 Å². The summed E-state index contributed by atoms with van der Waals surface area (Å²) >= 11 is 0. The molecule has 0 bridgehead atoms. The molecular formula is C92H64N2. The van der Waals surface area contributed by atoms with Crippen LogP contribution < -0.4 is 9.80 Å². The first-order valence-electron chi connectivity index (χ1n) is 32.3. The summed E-state index contributed by atoms with van der Waals surface area (Å²) in [6.07, 6.45) is 0. The van der Waals surface area contributed by atoms with E-state index in [2.05, 4.69) is 398 Å². The van der Waals surface area contributed by atoms with Gasteiger partial charge in [0.1, 0.15) is 0 Å². The summed E-state index contributed by atoms with van der Waals surface area (Å²) in [4.78, 5) is 4.78. The van der Waals surface area contributed by atoms with Crippen molar-refractivity contribution in [1.82, 2.24) is 0 Å². The Morgan fingerprint density at radius 1 is 0.149 bits per heavy atom. The van der Waals surface area contributed by atoms with Gasteiger partial charge in [-0.25, -0.2) is 0 Å². The highest BCUT2D eigenvalue weighted by molar-refractivity contribution is 6.06. The zero-order valence-corrected chi connectivity index (χ0v) is 51.8. The third-order valence-electron chi connectivity index (χ3n) is 18.3. The Bertz CT molecular complexity index is 5280. The number of rotatable bonds is 15. The molecule has 0 aromatic heterocycles. The Kier molecular flexibility index (Phi) is 15.4. The van der Waals surface area contributed by atoms with E-state index in [0.717, 1.165) is 78.6 Å². The van der Waals surface area contributed by atoms with Crippen LogP contribution in [-0.2, 0) is 0 Å². The zero-order valence-electron chi connectivity index (χ0n) is 51.8. The van der Waals surface area contributed by atoms with E-state index in [4.69, 9.17) is 0 Å². The lowest BCUT2D eigenvalue weighted by atomic mass is 9.89. The number of anilines is 6. The highest BCUT2D eigenvalue weighted by atomic mass is 15.1. The van der Waals surface area contributed by atoms with E-state index in [1.54, 1.807) is 0 Å². The second kappa shape index (κ2) is 25.5. The molecule has 0 N–H and O–H groups in total. The van der Waals surface area contributed by atoms with Crippen LogP contribution in [0.15, 0.2) is 388 Å². The van der Waals surface area contributed by atoms with Crippen LogP contribution in [0.25, 0.3) is 122 Å². The lowest BCUT2D eigenvalue weighted by molar-refractivity contribution is 1.28. The molecule has 0 fully saturated rings. The lowest BCUT2D eigenvalue weighted by Crippen LogP contribution is -2.11. The summed E-state index contributed by atoms with van der Waals surface area (Å²) in [5.41, 5.74) is 27.7. The molecule has 0 aliphatic heterocycles. The number of hydrogen-bond acceptors (Lipinski definition) is 2. The Hall–Kier alpha value is -12.4. The monoisotopic (exact) mass is 1200 g/mol. The molecule has 2 heteroatoms. The minimum absolute atomic E-state index is 1.06. The Balaban J connectivity index is 0.756. The van der Waals surface area contributed by atoms with Gasteiger partial charge in [0.05, 0.1) is 5.69 Å². The molecule has 16 aromatic carbocycles. The van der Waals surface area contributed by atoms with Gasteiger partial charge in [0.25, 0.3) is 0 Å². The van der Waals surface area contributed by atoms with Gasteiger partial charge in [0.15, 0.2) is 0 Å². The third kappa shape index (κ3) is 11.2. The third-order valence-corrected chi connectivity index (χ3v) is 18.3. The number of benzene rings is 16. The second-order valence-electron chi connectivity index (χ2n) is 23.9. The van der Waals surface area contributed by atoms with Crippen molar-refractivity contribution >= 4 is 55.7 Å². The summed E-state index contributed by atoms with van der Waals surface area (Å²) in [5.74, 6) is 0. The highest BCUT2D eigenvalue weighted by Crippen LogP contribution is 2.47. The molecule has 0 radical (unpaired) electrons. The van der Waals surface area contributed by atoms with Crippen molar-refractivity contribution in [2.75, 3.05) is 9.80 Å². The van der Waals surface area contributed by atoms with E-state index < -0.39 is 0 Å². The minimum atomic E-state index is 1.06. The molecule has 0 saturated heterocycles. The molecule has 0 heterocycles. The minimum Gasteiger partial charge on any atom is -0.311 e. The standard InChI is InChI=1S/C92H64N2/c1-6-22-65(23-7-1)77-52-63-90(94(78-32-14-5-15-33-78)82-59-48-73(49-60-82)88-62-51-70-27-17-19-37-86(70)92(88)76-30-12-4-13-31-76)89(64-77)74-40-38-66(39-41-74)67-42-53-79(54-43-67)93(80-55-44-71(45-56-80)84-35-21-20-34-83(84)68-24-8-2-9-25-68)81-57-46-72(47-58-81)87-61-50-69-26-16-18-36-85(69)91(87)75-28-10-3-11-29-75/h1-64H. The molecule has 0 spiro atoms. The van der Waals surface area contributed by atoms with Gasteiger partial charge >= 0.3 is 0 Å². The molecule has 16 aromatic rings. The van der Waals surface area contributed by atoms with Crippen LogP contribution in [0.1, 0.15) is 0 Å². The first-order valence-corrected chi connectivity index (χ1v) is 32.3. The van der Waals surface area contributed by atoms with Crippen molar-refractivity contribution in [1.29, 1.82) is 0 Å². The summed E-state index contributed by atoms with van der Waals surface area (Å²) < 4.78 is 0. The Morgan fingerprint density at radius 3 is 0.894 bits per heavy atom. The maximum Gasteiger partial charge on any atom is 0.0540 e. The van der Waals surface area contributed by atoms with Gasteiger partial charge in [0, 0.05) is 34.0 Å². The van der Waals surface area contributed by atoms with Gasteiger partial charge in [-0.1, -0.05) is 315 Å². The molecule has 0 aliphatic rings. The van der Waals surface area contributed by atoms with Crippen LogP contribution in [0.4, 0.5) is 34.1 Å². The summed E-state index contributed by atoms with van der Waals surface area (Å²) in [6.45, 7) is 0. The van der Waals surface area contributed by atoms with Crippen LogP contribution in [0.2, 0.25) is 0 Å². The quantitative estimate of drug-likeness (QED) is 0.101. The number of nitrogens with zero attached hydrogens (tertiary/aromatic N) is 2. The van der Waals surface area contributed by atoms with Crippen molar-refractivity contribution in [3.8, 4) is 100 Å². The van der Waals surface area contributed by atoms with E-state index in [0.29, 0.717) is 0 Å². The number of hydrogen-bond donors (Lipinski definition) is 0. The number of para-hydroxylation sites is 1. The van der Waals surface area contributed by atoms with E-state index >= 15 is 0 Å². The Morgan fingerprint density at radius 2 is 0.436 bits per heavy atom. The topological polar surface area (TPSA) is 6.48 Å². The number of fused-ring (bicyclic) bond motifs is 2. The Labute approximate surface area is 550 Å². The van der Waals surface area contributed by atoms with Gasteiger partial charge in [0.2, 0.25) is 0 Å². The normalized spacial score (nSPS) is 11.2. The highest BCUT2D eigenvalue weighted by Gasteiger charge is 2.22. The van der Waals surface area contributed by atoms with E-state index in [9.17, 15) is 0 Å². The maximum atomic E-state index is 2.40. The van der Waals surface area contributed by atoms with E-state index in [1.807, 2.05) is 0 Å². The molecule has 2 nitrogen and oxygen atoms in total. The van der Waals surface area contributed by atoms with Gasteiger partial charge in [-0.3, -0.25) is 0 Å². The molecule has 0 saturated carbocycles. The fourth-order valence-corrected chi connectivity index (χ4v) is 13.7. The molecule has 0 amide bonds. The van der Waals surface area contributed by atoms with E-state index in [1.165, 1.54) is 77.2 Å². The smallest absolute Gasteiger partial charge is 0.0540 e. The first kappa shape index (κ1) is 56.8. The molecule has 0 aliphatic carbocycles. The van der Waals surface area contributed by atoms with Gasteiger partial charge in [-0.05, 0) is 189 Å². The predicted molar refractivity (Wildman–Crippen MR) is 400 cm³/mol. The van der Waals surface area contributed by atoms with Crippen molar-refractivity contribution in [2.45, 2.75) is 0 Å². The molecular weight excluding hydrogens is 1130 g/mol. The maximum absolute atomic E-state index is 2.40. The largest absolute Gasteiger partial charge is 0.311 e. The van der Waals surface area contributed by atoms with Crippen molar-refractivity contribution < 1.29 is 0 Å². The zero-order chi connectivity index (χ0) is 62.6. The second-order valence-corrected chi connectivity index (χ2v) is 23.9.